The molecule has 0 bridgehead atoms. The maximum absolute atomic E-state index is 14.1. The minimum absolute atomic E-state index is 0.166. The van der Waals surface area contributed by atoms with Gasteiger partial charge >= 0.3 is 0 Å². The van der Waals surface area contributed by atoms with Crippen molar-refractivity contribution in [3.63, 3.8) is 0 Å². The molecule has 2 rings (SSSR count). The molecule has 114 valence electrons. The van der Waals surface area contributed by atoms with Gasteiger partial charge in [-0.25, -0.2) is 4.39 Å². The lowest BCUT2D eigenvalue weighted by molar-refractivity contribution is -0.130. The highest BCUT2D eigenvalue weighted by Gasteiger charge is 2.42. The summed E-state index contributed by atoms with van der Waals surface area (Å²) in [5.74, 6) is -0.901. The predicted molar refractivity (Wildman–Crippen MR) is 82.5 cm³/mol. The maximum atomic E-state index is 14.1. The first-order chi connectivity index (χ1) is 9.93. The summed E-state index contributed by atoms with van der Waals surface area (Å²) in [6, 6.07) is 4.46. The second-order valence-corrected chi connectivity index (χ2v) is 6.06. The Balaban J connectivity index is 2.49. The zero-order chi connectivity index (χ0) is 15.6. The Hall–Kier alpha value is -1.43. The molecule has 1 aliphatic heterocycles. The van der Waals surface area contributed by atoms with Crippen molar-refractivity contribution in [3.8, 4) is 0 Å². The van der Waals surface area contributed by atoms with Gasteiger partial charge in [0.2, 0.25) is 5.91 Å². The van der Waals surface area contributed by atoms with Crippen molar-refractivity contribution < 1.29 is 14.0 Å². The zero-order valence-electron chi connectivity index (χ0n) is 12.1. The molecule has 1 fully saturated rings. The topological polar surface area (TPSA) is 49.4 Å². The van der Waals surface area contributed by atoms with Gasteiger partial charge in [-0.3, -0.25) is 9.59 Å². The number of hydrogen-bond acceptors (Lipinski definition) is 2. The number of nitrogens with one attached hydrogen (secondary N) is 1. The summed E-state index contributed by atoms with van der Waals surface area (Å²) < 4.78 is 14.8. The highest BCUT2D eigenvalue weighted by atomic mass is 79.9. The standard InChI is InChI=1S/C15H18BrFN2O2/c1-3-15(4-2)14(21)19(8-7-13(20)18-15)12-9-10(16)5-6-11(12)17/h5-6,9H,3-4,7-8H2,1-2H3,(H,18,20). The molecule has 4 nitrogen and oxygen atoms in total. The van der Waals surface area contributed by atoms with E-state index in [0.717, 1.165) is 0 Å². The maximum Gasteiger partial charge on any atom is 0.252 e. The molecule has 0 spiro atoms. The van der Waals surface area contributed by atoms with E-state index in [1.54, 1.807) is 12.1 Å². The zero-order valence-corrected chi connectivity index (χ0v) is 13.7. The largest absolute Gasteiger partial charge is 0.342 e. The fourth-order valence-electron chi connectivity index (χ4n) is 2.61. The van der Waals surface area contributed by atoms with Crippen molar-refractivity contribution in [1.29, 1.82) is 0 Å². The Morgan fingerprint density at radius 3 is 2.62 bits per heavy atom. The normalized spacial score (nSPS) is 18.4. The highest BCUT2D eigenvalue weighted by Crippen LogP contribution is 2.30. The molecule has 6 heteroatoms. The number of carbonyl (C=O) groups excluding carboxylic acids is 2. The quantitative estimate of drug-likeness (QED) is 0.904. The first-order valence-electron chi connectivity index (χ1n) is 7.01. The van der Waals surface area contributed by atoms with Gasteiger partial charge in [0.05, 0.1) is 5.69 Å². The number of anilines is 1. The van der Waals surface area contributed by atoms with Crippen LogP contribution in [0.3, 0.4) is 0 Å². The van der Waals surface area contributed by atoms with Crippen LogP contribution in [-0.4, -0.2) is 23.9 Å². The van der Waals surface area contributed by atoms with Crippen molar-refractivity contribution in [3.05, 3.63) is 28.5 Å². The number of amides is 2. The lowest BCUT2D eigenvalue weighted by atomic mass is 9.91. The van der Waals surface area contributed by atoms with Gasteiger partial charge in [0, 0.05) is 17.4 Å². The first-order valence-corrected chi connectivity index (χ1v) is 7.81. The molecule has 21 heavy (non-hydrogen) atoms. The minimum atomic E-state index is -0.956. The molecule has 0 aromatic heterocycles. The van der Waals surface area contributed by atoms with Crippen LogP contribution in [0.25, 0.3) is 0 Å². The highest BCUT2D eigenvalue weighted by molar-refractivity contribution is 9.10. The van der Waals surface area contributed by atoms with Gasteiger partial charge in [-0.2, -0.15) is 0 Å². The van der Waals surface area contributed by atoms with Crippen LogP contribution in [0, 0.1) is 5.82 Å². The van der Waals surface area contributed by atoms with Crippen molar-refractivity contribution in [2.24, 2.45) is 0 Å². The van der Waals surface area contributed by atoms with E-state index in [1.165, 1.54) is 11.0 Å². The number of hydrogen-bond donors (Lipinski definition) is 1. The third-order valence-corrected chi connectivity index (χ3v) is 4.50. The SMILES string of the molecule is CCC1(CC)NC(=O)CCN(c2cc(Br)ccc2F)C1=O. The van der Waals surface area contributed by atoms with E-state index in [0.29, 0.717) is 17.3 Å². The number of halogens is 2. The monoisotopic (exact) mass is 356 g/mol. The van der Waals surface area contributed by atoms with Crippen LogP contribution in [0.5, 0.6) is 0 Å². The Labute approximate surface area is 131 Å². The molecule has 0 aliphatic carbocycles. The van der Waals surface area contributed by atoms with E-state index >= 15 is 0 Å². The van der Waals surface area contributed by atoms with Gasteiger partial charge in [0.1, 0.15) is 11.4 Å². The van der Waals surface area contributed by atoms with E-state index in [2.05, 4.69) is 21.2 Å². The number of nitrogens with zero attached hydrogens (tertiary/aromatic N) is 1. The Bertz CT molecular complexity index is 573. The lowest BCUT2D eigenvalue weighted by Gasteiger charge is -2.33. The lowest BCUT2D eigenvalue weighted by Crippen LogP contribution is -2.56. The van der Waals surface area contributed by atoms with Gasteiger partial charge in [0.15, 0.2) is 0 Å². The average molecular weight is 357 g/mol. The van der Waals surface area contributed by atoms with Gasteiger partial charge < -0.3 is 10.2 Å². The number of benzene rings is 1. The third kappa shape index (κ3) is 2.95. The summed E-state index contributed by atoms with van der Waals surface area (Å²) in [7, 11) is 0. The van der Waals surface area contributed by atoms with Crippen LogP contribution < -0.4 is 10.2 Å². The third-order valence-electron chi connectivity index (χ3n) is 4.00. The van der Waals surface area contributed by atoms with E-state index in [9.17, 15) is 14.0 Å². The van der Waals surface area contributed by atoms with Gasteiger partial charge in [-0.15, -0.1) is 0 Å². The molecule has 1 aliphatic rings. The number of rotatable bonds is 3. The molecular weight excluding hydrogens is 339 g/mol. The molecule has 1 aromatic rings. The van der Waals surface area contributed by atoms with Crippen LogP contribution in [-0.2, 0) is 9.59 Å². The second kappa shape index (κ2) is 6.13. The van der Waals surface area contributed by atoms with Gasteiger partial charge in [-0.05, 0) is 31.0 Å². The van der Waals surface area contributed by atoms with Crippen molar-refractivity contribution >= 4 is 33.4 Å². The van der Waals surface area contributed by atoms with Crippen LogP contribution in [0.15, 0.2) is 22.7 Å². The summed E-state index contributed by atoms with van der Waals surface area (Å²) in [5.41, 5.74) is -0.750. The Morgan fingerprint density at radius 2 is 2.00 bits per heavy atom. The summed E-state index contributed by atoms with van der Waals surface area (Å²) in [5, 5.41) is 2.81. The molecule has 0 radical (unpaired) electrons. The summed E-state index contributed by atoms with van der Waals surface area (Å²) in [4.78, 5) is 26.1. The van der Waals surface area contributed by atoms with Crippen molar-refractivity contribution in [2.45, 2.75) is 38.6 Å². The van der Waals surface area contributed by atoms with Gasteiger partial charge in [0.25, 0.3) is 5.91 Å². The molecule has 2 amide bonds. The second-order valence-electron chi connectivity index (χ2n) is 5.14. The molecule has 1 aromatic carbocycles. The van der Waals surface area contributed by atoms with Gasteiger partial charge in [-0.1, -0.05) is 29.8 Å². The van der Waals surface area contributed by atoms with E-state index in [1.807, 2.05) is 13.8 Å². The molecule has 0 unspecified atom stereocenters. The minimum Gasteiger partial charge on any atom is -0.342 e. The molecular formula is C15H18BrFN2O2. The molecule has 1 saturated heterocycles. The van der Waals surface area contributed by atoms with Crippen molar-refractivity contribution in [1.82, 2.24) is 5.32 Å². The van der Waals surface area contributed by atoms with E-state index < -0.39 is 11.4 Å². The fraction of sp³-hybridized carbons (Fsp3) is 0.467. The summed E-state index contributed by atoms with van der Waals surface area (Å²) in [6.45, 7) is 3.88. The number of carbonyl (C=O) groups is 2. The van der Waals surface area contributed by atoms with E-state index in [-0.39, 0.29) is 30.5 Å². The molecule has 1 heterocycles. The first kappa shape index (κ1) is 15.9. The Morgan fingerprint density at radius 1 is 1.33 bits per heavy atom. The average Bonchev–Trinajstić information content (AvgIpc) is 2.59. The molecule has 1 N–H and O–H groups in total. The summed E-state index contributed by atoms with van der Waals surface area (Å²) in [6.07, 6.45) is 1.11. The fourth-order valence-corrected chi connectivity index (χ4v) is 2.96. The summed E-state index contributed by atoms with van der Waals surface area (Å²) >= 11 is 3.29. The van der Waals surface area contributed by atoms with Crippen LogP contribution >= 0.6 is 15.9 Å². The van der Waals surface area contributed by atoms with Crippen molar-refractivity contribution in [2.75, 3.05) is 11.4 Å². The van der Waals surface area contributed by atoms with Crippen LogP contribution in [0.4, 0.5) is 10.1 Å². The smallest absolute Gasteiger partial charge is 0.252 e. The van der Waals surface area contributed by atoms with E-state index in [4.69, 9.17) is 0 Å². The molecule has 0 saturated carbocycles. The molecule has 0 atom stereocenters. The Kier molecular flexibility index (Phi) is 4.66. The van der Waals surface area contributed by atoms with Crippen LogP contribution in [0.2, 0.25) is 0 Å². The predicted octanol–water partition coefficient (Wildman–Crippen LogP) is 3.00. The van der Waals surface area contributed by atoms with Crippen LogP contribution in [0.1, 0.15) is 33.1 Å².